The summed E-state index contributed by atoms with van der Waals surface area (Å²) in [6.07, 6.45) is 3.01. The smallest absolute Gasteiger partial charge is 0.347 e. The molecule has 0 atom stereocenters. The topological polar surface area (TPSA) is 70.5 Å². The van der Waals surface area contributed by atoms with Gasteiger partial charge < -0.3 is 10.0 Å². The summed E-state index contributed by atoms with van der Waals surface area (Å²) in [5.74, 6) is -1.02. The lowest BCUT2D eigenvalue weighted by Gasteiger charge is -2.10. The van der Waals surface area contributed by atoms with Crippen LogP contribution in [-0.2, 0) is 0 Å². The number of rotatable bonds is 3. The SMILES string of the molecule is CN(C=C1Sc2ccccc2C1=O)c1ncc(C(=O)O)s1. The number of fused-ring (bicyclic) bond motifs is 1. The number of Topliss-reactive ketones (excluding diaryl/α,β-unsaturated/α-hetero) is 1. The van der Waals surface area contributed by atoms with Crippen LogP contribution >= 0.6 is 23.1 Å². The third-order valence-corrected chi connectivity index (χ3v) is 5.05. The number of carbonyl (C=O) groups excluding carboxylic acids is 1. The predicted octanol–water partition coefficient (Wildman–Crippen LogP) is 3.11. The van der Waals surface area contributed by atoms with Crippen LogP contribution in [0.1, 0.15) is 20.0 Å². The third kappa shape index (κ3) is 2.57. The molecule has 1 aliphatic heterocycles. The van der Waals surface area contributed by atoms with Gasteiger partial charge in [-0.25, -0.2) is 9.78 Å². The molecule has 0 fully saturated rings. The first-order chi connectivity index (χ1) is 10.1. The van der Waals surface area contributed by atoms with E-state index in [1.165, 1.54) is 18.0 Å². The number of nitrogens with zero attached hydrogens (tertiary/aromatic N) is 2. The monoisotopic (exact) mass is 318 g/mol. The molecular weight excluding hydrogens is 308 g/mol. The minimum atomic E-state index is -1.00. The lowest BCUT2D eigenvalue weighted by atomic mass is 10.1. The molecule has 0 radical (unpaired) electrons. The molecule has 1 N–H and O–H groups in total. The fraction of sp³-hybridized carbons (Fsp3) is 0.0714. The van der Waals surface area contributed by atoms with Crippen molar-refractivity contribution >= 4 is 40.0 Å². The molecule has 7 heteroatoms. The first kappa shape index (κ1) is 13.8. The van der Waals surface area contributed by atoms with Crippen LogP contribution in [0.25, 0.3) is 0 Å². The second kappa shape index (κ2) is 5.34. The normalized spacial score (nSPS) is 15.3. The molecule has 1 aliphatic rings. The highest BCUT2D eigenvalue weighted by atomic mass is 32.2. The summed E-state index contributed by atoms with van der Waals surface area (Å²) in [5.41, 5.74) is 0.701. The number of aromatic nitrogens is 1. The van der Waals surface area contributed by atoms with Crippen molar-refractivity contribution in [2.24, 2.45) is 0 Å². The van der Waals surface area contributed by atoms with Crippen molar-refractivity contribution in [2.75, 3.05) is 11.9 Å². The summed E-state index contributed by atoms with van der Waals surface area (Å²) < 4.78 is 0. The Morgan fingerprint density at radius 1 is 1.38 bits per heavy atom. The molecule has 21 heavy (non-hydrogen) atoms. The number of benzene rings is 1. The van der Waals surface area contributed by atoms with E-state index in [9.17, 15) is 9.59 Å². The van der Waals surface area contributed by atoms with E-state index in [2.05, 4.69) is 4.98 Å². The molecule has 0 unspecified atom stereocenters. The fourth-order valence-corrected chi connectivity index (χ4v) is 3.64. The van der Waals surface area contributed by atoms with E-state index in [1.807, 2.05) is 18.2 Å². The molecule has 1 aromatic heterocycles. The van der Waals surface area contributed by atoms with Crippen LogP contribution < -0.4 is 4.90 Å². The molecule has 106 valence electrons. The molecule has 0 saturated heterocycles. The Labute approximate surface area is 128 Å². The van der Waals surface area contributed by atoms with Gasteiger partial charge in [-0.3, -0.25) is 4.79 Å². The summed E-state index contributed by atoms with van der Waals surface area (Å²) in [5, 5.41) is 9.43. The molecule has 0 saturated carbocycles. The number of anilines is 1. The van der Waals surface area contributed by atoms with Crippen molar-refractivity contribution in [3.8, 4) is 0 Å². The van der Waals surface area contributed by atoms with Crippen LogP contribution in [0.2, 0.25) is 0 Å². The Balaban J connectivity index is 1.86. The number of carboxylic acid groups (broad SMARTS) is 1. The van der Waals surface area contributed by atoms with Crippen molar-refractivity contribution in [2.45, 2.75) is 4.90 Å². The average Bonchev–Trinajstić information content (AvgIpc) is 3.06. The molecular formula is C14H10N2O3S2. The van der Waals surface area contributed by atoms with E-state index in [-0.39, 0.29) is 10.7 Å². The van der Waals surface area contributed by atoms with Gasteiger partial charge in [-0.05, 0) is 12.1 Å². The number of hydrogen-bond acceptors (Lipinski definition) is 6. The molecule has 0 aliphatic carbocycles. The maximum absolute atomic E-state index is 12.3. The summed E-state index contributed by atoms with van der Waals surface area (Å²) in [6.45, 7) is 0. The fourth-order valence-electron chi connectivity index (χ4n) is 1.88. The highest BCUT2D eigenvalue weighted by molar-refractivity contribution is 8.04. The van der Waals surface area contributed by atoms with Gasteiger partial charge in [-0.2, -0.15) is 0 Å². The number of thioether (sulfide) groups is 1. The van der Waals surface area contributed by atoms with E-state index >= 15 is 0 Å². The van der Waals surface area contributed by atoms with E-state index < -0.39 is 5.97 Å². The van der Waals surface area contributed by atoms with Gasteiger partial charge in [0.25, 0.3) is 0 Å². The zero-order valence-electron chi connectivity index (χ0n) is 10.9. The minimum absolute atomic E-state index is 0.0162. The minimum Gasteiger partial charge on any atom is -0.477 e. The second-order valence-electron chi connectivity index (χ2n) is 4.34. The van der Waals surface area contributed by atoms with E-state index in [1.54, 1.807) is 24.2 Å². The van der Waals surface area contributed by atoms with Crippen LogP contribution in [0.5, 0.6) is 0 Å². The van der Waals surface area contributed by atoms with Crippen LogP contribution in [-0.4, -0.2) is 28.9 Å². The lowest BCUT2D eigenvalue weighted by molar-refractivity contribution is 0.0701. The number of allylic oxidation sites excluding steroid dienone is 1. The summed E-state index contributed by atoms with van der Waals surface area (Å²) in [7, 11) is 1.74. The lowest BCUT2D eigenvalue weighted by Crippen LogP contribution is -2.09. The molecule has 1 aromatic carbocycles. The Morgan fingerprint density at radius 3 is 2.81 bits per heavy atom. The van der Waals surface area contributed by atoms with Crippen molar-refractivity contribution in [3.63, 3.8) is 0 Å². The highest BCUT2D eigenvalue weighted by Crippen LogP contribution is 2.40. The molecule has 5 nitrogen and oxygen atoms in total. The molecule has 2 aromatic rings. The summed E-state index contributed by atoms with van der Waals surface area (Å²) in [6, 6.07) is 7.44. The molecule has 0 bridgehead atoms. The van der Waals surface area contributed by atoms with Gasteiger partial charge in [0.05, 0.1) is 11.1 Å². The van der Waals surface area contributed by atoms with Crippen molar-refractivity contribution in [1.29, 1.82) is 0 Å². The van der Waals surface area contributed by atoms with Crippen LogP contribution in [0, 0.1) is 0 Å². The Kier molecular flexibility index (Phi) is 3.52. The molecule has 2 heterocycles. The van der Waals surface area contributed by atoms with Crippen LogP contribution in [0.15, 0.2) is 46.5 Å². The van der Waals surface area contributed by atoms with Crippen LogP contribution in [0.4, 0.5) is 5.13 Å². The molecule has 0 spiro atoms. The zero-order chi connectivity index (χ0) is 15.0. The van der Waals surface area contributed by atoms with E-state index in [0.717, 1.165) is 16.2 Å². The summed E-state index contributed by atoms with van der Waals surface area (Å²) in [4.78, 5) is 30.5. The largest absolute Gasteiger partial charge is 0.477 e. The number of thiazole rings is 1. The van der Waals surface area contributed by atoms with Crippen molar-refractivity contribution in [3.05, 3.63) is 52.0 Å². The number of hydrogen-bond donors (Lipinski definition) is 1. The summed E-state index contributed by atoms with van der Waals surface area (Å²) >= 11 is 2.48. The molecule has 0 amide bonds. The van der Waals surface area contributed by atoms with Crippen LogP contribution in [0.3, 0.4) is 0 Å². The Hall–Kier alpha value is -2.12. The quantitative estimate of drug-likeness (QED) is 0.877. The van der Waals surface area contributed by atoms with Gasteiger partial charge in [0.15, 0.2) is 5.13 Å². The first-order valence-electron chi connectivity index (χ1n) is 6.01. The van der Waals surface area contributed by atoms with Crippen molar-refractivity contribution < 1.29 is 14.7 Å². The average molecular weight is 318 g/mol. The van der Waals surface area contributed by atoms with Gasteiger partial charge in [-0.15, -0.1) is 0 Å². The van der Waals surface area contributed by atoms with Gasteiger partial charge in [-0.1, -0.05) is 35.2 Å². The van der Waals surface area contributed by atoms with Gasteiger partial charge in [0.1, 0.15) is 4.88 Å². The second-order valence-corrected chi connectivity index (χ2v) is 6.44. The van der Waals surface area contributed by atoms with Gasteiger partial charge in [0.2, 0.25) is 5.78 Å². The van der Waals surface area contributed by atoms with Gasteiger partial charge >= 0.3 is 5.97 Å². The number of ketones is 1. The number of aromatic carboxylic acids is 1. The highest BCUT2D eigenvalue weighted by Gasteiger charge is 2.26. The first-order valence-corrected chi connectivity index (χ1v) is 7.65. The van der Waals surface area contributed by atoms with E-state index in [0.29, 0.717) is 15.6 Å². The number of carboxylic acids is 1. The van der Waals surface area contributed by atoms with Gasteiger partial charge in [0, 0.05) is 23.7 Å². The zero-order valence-corrected chi connectivity index (χ0v) is 12.6. The van der Waals surface area contributed by atoms with E-state index in [4.69, 9.17) is 5.11 Å². The predicted molar refractivity (Wildman–Crippen MR) is 82.2 cm³/mol. The molecule has 3 rings (SSSR count). The maximum Gasteiger partial charge on any atom is 0.347 e. The van der Waals surface area contributed by atoms with Crippen molar-refractivity contribution in [1.82, 2.24) is 4.98 Å². The number of carbonyl (C=O) groups is 2. The third-order valence-electron chi connectivity index (χ3n) is 2.89. The standard InChI is InChI=1S/C14H10N2O3S2/c1-16(14-15-6-10(21-14)13(18)19)7-11-12(17)8-4-2-3-5-9(8)20-11/h2-7H,1H3,(H,18,19). The maximum atomic E-state index is 12.3. The Morgan fingerprint density at radius 2 is 2.14 bits per heavy atom. The Bertz CT molecular complexity index is 767.